The van der Waals surface area contributed by atoms with Crippen LogP contribution in [-0.2, 0) is 11.3 Å². The van der Waals surface area contributed by atoms with E-state index in [1.807, 2.05) is 29.8 Å². The van der Waals surface area contributed by atoms with Crippen molar-refractivity contribution in [3.63, 3.8) is 0 Å². The molecule has 154 valence electrons. The van der Waals surface area contributed by atoms with Gasteiger partial charge in [0.25, 0.3) is 5.56 Å². The van der Waals surface area contributed by atoms with Gasteiger partial charge in [0.05, 0.1) is 25.9 Å². The van der Waals surface area contributed by atoms with E-state index >= 15 is 0 Å². The fourth-order valence-corrected chi connectivity index (χ4v) is 4.87. The minimum absolute atomic E-state index is 0.144. The van der Waals surface area contributed by atoms with Gasteiger partial charge >= 0.3 is 0 Å². The van der Waals surface area contributed by atoms with E-state index in [4.69, 9.17) is 9.47 Å². The number of amides is 1. The number of methoxy groups -OCH3 is 2. The molecular weight excluding hydrogens is 422 g/mol. The average Bonchev–Trinajstić information content (AvgIpc) is 3.41. The number of anilines is 1. The standard InChI is InChI=1S/C21H19N3O4S2/c1-12-7-15(27-2)16(28-3)8-14(12)23-18(25)9-24-11-22-20-19(21(24)26)13(10-30-20)17-5-4-6-29-17/h4-8,10-11H,9H2,1-3H3,(H,23,25). The molecule has 1 N–H and O–H groups in total. The quantitative estimate of drug-likeness (QED) is 0.486. The van der Waals surface area contributed by atoms with Crippen molar-refractivity contribution in [2.24, 2.45) is 0 Å². The molecule has 0 radical (unpaired) electrons. The lowest BCUT2D eigenvalue weighted by Crippen LogP contribution is -2.28. The number of fused-ring (bicyclic) bond motifs is 1. The molecule has 1 aromatic carbocycles. The molecule has 0 fully saturated rings. The molecule has 4 aromatic rings. The van der Waals surface area contributed by atoms with Crippen molar-refractivity contribution in [2.45, 2.75) is 13.5 Å². The van der Waals surface area contributed by atoms with Crippen LogP contribution < -0.4 is 20.3 Å². The monoisotopic (exact) mass is 441 g/mol. The normalized spacial score (nSPS) is 10.9. The number of hydrogen-bond acceptors (Lipinski definition) is 7. The molecule has 1 amide bonds. The topological polar surface area (TPSA) is 82.5 Å². The Morgan fingerprint density at radius 3 is 2.67 bits per heavy atom. The van der Waals surface area contributed by atoms with Crippen molar-refractivity contribution in [3.05, 3.63) is 57.3 Å². The van der Waals surface area contributed by atoms with Crippen molar-refractivity contribution in [2.75, 3.05) is 19.5 Å². The van der Waals surface area contributed by atoms with Gasteiger partial charge < -0.3 is 14.8 Å². The fraction of sp³-hybridized carbons (Fsp3) is 0.190. The Kier molecular flexibility index (Phi) is 5.56. The SMILES string of the molecule is COc1cc(C)c(NC(=O)Cn2cnc3scc(-c4cccs4)c3c2=O)cc1OC. The Labute approximate surface area is 180 Å². The van der Waals surface area contributed by atoms with Crippen LogP contribution in [0.1, 0.15) is 5.56 Å². The Bertz CT molecular complexity index is 1280. The van der Waals surface area contributed by atoms with Crippen molar-refractivity contribution in [3.8, 4) is 21.9 Å². The Morgan fingerprint density at radius 1 is 1.20 bits per heavy atom. The van der Waals surface area contributed by atoms with E-state index in [1.165, 1.54) is 29.3 Å². The fourth-order valence-electron chi connectivity index (χ4n) is 3.15. The van der Waals surface area contributed by atoms with Crippen molar-refractivity contribution >= 4 is 44.5 Å². The zero-order chi connectivity index (χ0) is 21.3. The second-order valence-electron chi connectivity index (χ2n) is 6.55. The molecule has 0 aliphatic rings. The first-order valence-electron chi connectivity index (χ1n) is 9.04. The molecule has 0 saturated carbocycles. The summed E-state index contributed by atoms with van der Waals surface area (Å²) in [6.07, 6.45) is 1.42. The van der Waals surface area contributed by atoms with Gasteiger partial charge in [-0.05, 0) is 30.0 Å². The van der Waals surface area contributed by atoms with Crippen LogP contribution in [0, 0.1) is 6.92 Å². The summed E-state index contributed by atoms with van der Waals surface area (Å²) >= 11 is 2.99. The molecule has 3 aromatic heterocycles. The van der Waals surface area contributed by atoms with Gasteiger partial charge in [-0.15, -0.1) is 22.7 Å². The molecule has 0 saturated heterocycles. The Morgan fingerprint density at radius 2 is 1.97 bits per heavy atom. The number of ether oxygens (including phenoxy) is 2. The summed E-state index contributed by atoms with van der Waals surface area (Å²) in [7, 11) is 3.09. The van der Waals surface area contributed by atoms with E-state index in [0.29, 0.717) is 27.4 Å². The van der Waals surface area contributed by atoms with Crippen molar-refractivity contribution in [1.29, 1.82) is 0 Å². The Hall–Kier alpha value is -3.17. The minimum Gasteiger partial charge on any atom is -0.493 e. The number of thiophene rings is 2. The van der Waals surface area contributed by atoms with Crippen LogP contribution in [0.4, 0.5) is 5.69 Å². The van der Waals surface area contributed by atoms with E-state index in [1.54, 1.807) is 30.6 Å². The van der Waals surface area contributed by atoms with E-state index in [-0.39, 0.29) is 18.0 Å². The first-order valence-corrected chi connectivity index (χ1v) is 10.8. The van der Waals surface area contributed by atoms with E-state index in [0.717, 1.165) is 16.0 Å². The van der Waals surface area contributed by atoms with Gasteiger partial charge in [0.2, 0.25) is 5.91 Å². The summed E-state index contributed by atoms with van der Waals surface area (Å²) in [4.78, 5) is 31.8. The van der Waals surface area contributed by atoms with E-state index in [2.05, 4.69) is 10.3 Å². The predicted molar refractivity (Wildman–Crippen MR) is 120 cm³/mol. The van der Waals surface area contributed by atoms with Crippen LogP contribution in [0.15, 0.2) is 46.1 Å². The number of rotatable bonds is 6. The maximum absolute atomic E-state index is 13.1. The second-order valence-corrected chi connectivity index (χ2v) is 8.36. The summed E-state index contributed by atoms with van der Waals surface area (Å²) in [5, 5.41) is 7.28. The predicted octanol–water partition coefficient (Wildman–Crippen LogP) is 4.15. The highest BCUT2D eigenvalue weighted by molar-refractivity contribution is 7.18. The van der Waals surface area contributed by atoms with E-state index in [9.17, 15) is 9.59 Å². The van der Waals surface area contributed by atoms with Gasteiger partial charge in [0.1, 0.15) is 11.4 Å². The molecule has 0 atom stereocenters. The number of aryl methyl sites for hydroxylation is 1. The molecule has 9 heteroatoms. The van der Waals surface area contributed by atoms with Crippen LogP contribution in [0.25, 0.3) is 20.7 Å². The summed E-state index contributed by atoms with van der Waals surface area (Å²) in [6, 6.07) is 7.39. The van der Waals surface area contributed by atoms with Crippen LogP contribution in [0.3, 0.4) is 0 Å². The van der Waals surface area contributed by atoms with Gasteiger partial charge in [-0.3, -0.25) is 14.2 Å². The van der Waals surface area contributed by atoms with Crippen molar-refractivity contribution in [1.82, 2.24) is 9.55 Å². The number of nitrogens with one attached hydrogen (secondary N) is 1. The number of carbonyl (C=O) groups is 1. The van der Waals surface area contributed by atoms with Gasteiger partial charge in [0, 0.05) is 27.6 Å². The molecule has 3 heterocycles. The summed E-state index contributed by atoms with van der Waals surface area (Å²) in [5.74, 6) is 0.761. The average molecular weight is 442 g/mol. The molecule has 0 spiro atoms. The third-order valence-corrected chi connectivity index (χ3v) is 6.46. The summed E-state index contributed by atoms with van der Waals surface area (Å²) in [5.41, 5.74) is 2.03. The molecule has 4 rings (SSSR count). The second kappa shape index (κ2) is 8.29. The van der Waals surface area contributed by atoms with E-state index < -0.39 is 0 Å². The first kappa shape index (κ1) is 20.1. The van der Waals surface area contributed by atoms with Gasteiger partial charge in [-0.25, -0.2) is 4.98 Å². The lowest BCUT2D eigenvalue weighted by atomic mass is 10.1. The maximum Gasteiger partial charge on any atom is 0.263 e. The number of aromatic nitrogens is 2. The largest absolute Gasteiger partial charge is 0.493 e. The molecule has 7 nitrogen and oxygen atoms in total. The summed E-state index contributed by atoms with van der Waals surface area (Å²) < 4.78 is 11.9. The zero-order valence-electron chi connectivity index (χ0n) is 16.6. The first-order chi connectivity index (χ1) is 14.5. The lowest BCUT2D eigenvalue weighted by molar-refractivity contribution is -0.116. The number of benzene rings is 1. The molecule has 30 heavy (non-hydrogen) atoms. The van der Waals surface area contributed by atoms with Crippen LogP contribution in [-0.4, -0.2) is 29.7 Å². The third-order valence-electron chi connectivity index (χ3n) is 4.67. The number of carbonyl (C=O) groups excluding carboxylic acids is 1. The van der Waals surface area contributed by atoms with Gasteiger partial charge in [-0.2, -0.15) is 0 Å². The molecule has 0 aliphatic carbocycles. The highest BCUT2D eigenvalue weighted by Gasteiger charge is 2.16. The highest BCUT2D eigenvalue weighted by atomic mass is 32.1. The van der Waals surface area contributed by atoms with Crippen LogP contribution in [0.2, 0.25) is 0 Å². The molecule has 0 bridgehead atoms. The van der Waals surface area contributed by atoms with Crippen molar-refractivity contribution < 1.29 is 14.3 Å². The molecular formula is C21H19N3O4S2. The highest BCUT2D eigenvalue weighted by Crippen LogP contribution is 2.34. The minimum atomic E-state index is -0.332. The lowest BCUT2D eigenvalue weighted by Gasteiger charge is -2.14. The van der Waals surface area contributed by atoms with Crippen LogP contribution >= 0.6 is 22.7 Å². The van der Waals surface area contributed by atoms with Crippen LogP contribution in [0.5, 0.6) is 11.5 Å². The number of hydrogen-bond donors (Lipinski definition) is 1. The number of nitrogens with zero attached hydrogens (tertiary/aromatic N) is 2. The van der Waals surface area contributed by atoms with Gasteiger partial charge in [0.15, 0.2) is 11.5 Å². The molecule has 0 unspecified atom stereocenters. The smallest absolute Gasteiger partial charge is 0.263 e. The third kappa shape index (κ3) is 3.69. The molecule has 0 aliphatic heterocycles. The maximum atomic E-state index is 13.1. The Balaban J connectivity index is 1.62. The summed E-state index contributed by atoms with van der Waals surface area (Å²) in [6.45, 7) is 1.71. The zero-order valence-corrected chi connectivity index (χ0v) is 18.2. The van der Waals surface area contributed by atoms with Gasteiger partial charge in [-0.1, -0.05) is 6.07 Å².